The number of hydrogen-bond acceptors (Lipinski definition) is 5. The molecule has 0 amide bonds. The second kappa shape index (κ2) is 9.25. The van der Waals surface area contributed by atoms with E-state index in [-0.39, 0.29) is 36.5 Å². The molecular weight excluding hydrogens is 380 g/mol. The number of esters is 2. The van der Waals surface area contributed by atoms with Gasteiger partial charge in [0.25, 0.3) is 0 Å². The Kier molecular flexibility index (Phi) is 7.11. The lowest BCUT2D eigenvalue weighted by Crippen LogP contribution is -2.43. The van der Waals surface area contributed by atoms with Gasteiger partial charge in [0, 0.05) is 12.3 Å². The van der Waals surface area contributed by atoms with Crippen molar-refractivity contribution in [1.82, 2.24) is 0 Å². The molecule has 30 heavy (non-hydrogen) atoms. The first-order valence-electron chi connectivity index (χ1n) is 11.6. The smallest absolute Gasteiger partial charge is 0.311 e. The van der Waals surface area contributed by atoms with Gasteiger partial charge in [0.1, 0.15) is 12.2 Å². The van der Waals surface area contributed by atoms with Gasteiger partial charge in [0.15, 0.2) is 0 Å². The molecule has 3 rings (SSSR count). The Balaban J connectivity index is 1.76. The standard InChI is InChI=1S/C25H38O5/c1-6-25(4,5)24(28)30-21-12-15(2)11-17-8-7-16(3)20(23(17)21)10-9-19-13-18(26)14-22(27)29-19/h7-8,11,15-16,18-21,23,26H,6,9-10,12-14H2,1-5H3/t15-,16+,18-,19+,20-,21-,23+/m1/s1. The minimum atomic E-state index is -0.601. The zero-order valence-electron chi connectivity index (χ0n) is 19.1. The molecule has 0 saturated carbocycles. The predicted octanol–water partition coefficient (Wildman–Crippen LogP) is 4.59. The zero-order chi connectivity index (χ0) is 22.1. The van der Waals surface area contributed by atoms with E-state index >= 15 is 0 Å². The van der Waals surface area contributed by atoms with Crippen molar-refractivity contribution < 1.29 is 24.2 Å². The van der Waals surface area contributed by atoms with Crippen molar-refractivity contribution >= 4 is 11.9 Å². The molecule has 0 unspecified atom stereocenters. The summed E-state index contributed by atoms with van der Waals surface area (Å²) in [5.41, 5.74) is 0.785. The van der Waals surface area contributed by atoms with E-state index in [1.807, 2.05) is 20.8 Å². The molecule has 1 N–H and O–H groups in total. The van der Waals surface area contributed by atoms with Crippen LogP contribution in [-0.2, 0) is 19.1 Å². The maximum atomic E-state index is 12.9. The first kappa shape index (κ1) is 23.1. The molecule has 7 atom stereocenters. The molecular formula is C25H38O5. The fourth-order valence-electron chi connectivity index (χ4n) is 5.08. The molecule has 0 aromatic rings. The van der Waals surface area contributed by atoms with Gasteiger partial charge in [-0.3, -0.25) is 9.59 Å². The maximum absolute atomic E-state index is 12.9. The third-order valence-electron chi connectivity index (χ3n) is 7.35. The fraction of sp³-hybridized carbons (Fsp3) is 0.760. The summed E-state index contributed by atoms with van der Waals surface area (Å²) in [5.74, 6) is 0.776. The molecule has 0 aromatic heterocycles. The predicted molar refractivity (Wildman–Crippen MR) is 115 cm³/mol. The Labute approximate surface area is 180 Å². The number of fused-ring (bicyclic) bond motifs is 1. The number of allylic oxidation sites excluding steroid dienone is 3. The topological polar surface area (TPSA) is 72.8 Å². The Morgan fingerprint density at radius 1 is 1.27 bits per heavy atom. The van der Waals surface area contributed by atoms with E-state index in [4.69, 9.17) is 9.47 Å². The summed E-state index contributed by atoms with van der Waals surface area (Å²) in [6.45, 7) is 10.3. The molecule has 168 valence electrons. The molecule has 1 heterocycles. The van der Waals surface area contributed by atoms with Crippen molar-refractivity contribution in [3.8, 4) is 0 Å². The molecule has 0 bridgehead atoms. The highest BCUT2D eigenvalue weighted by molar-refractivity contribution is 5.76. The van der Waals surface area contributed by atoms with Crippen LogP contribution in [0.3, 0.4) is 0 Å². The second-order valence-corrected chi connectivity index (χ2v) is 10.3. The van der Waals surface area contributed by atoms with Crippen LogP contribution in [-0.4, -0.2) is 35.4 Å². The average molecular weight is 419 g/mol. The van der Waals surface area contributed by atoms with Gasteiger partial charge >= 0.3 is 11.9 Å². The van der Waals surface area contributed by atoms with Crippen LogP contribution in [0.5, 0.6) is 0 Å². The van der Waals surface area contributed by atoms with Crippen LogP contribution in [0.4, 0.5) is 0 Å². The summed E-state index contributed by atoms with van der Waals surface area (Å²) in [4.78, 5) is 24.6. The molecule has 1 saturated heterocycles. The van der Waals surface area contributed by atoms with Crippen molar-refractivity contribution in [3.63, 3.8) is 0 Å². The summed E-state index contributed by atoms with van der Waals surface area (Å²) < 4.78 is 11.6. The van der Waals surface area contributed by atoms with Crippen molar-refractivity contribution in [2.45, 2.75) is 91.5 Å². The molecule has 5 nitrogen and oxygen atoms in total. The minimum Gasteiger partial charge on any atom is -0.462 e. The van der Waals surface area contributed by atoms with Gasteiger partial charge in [-0.15, -0.1) is 0 Å². The van der Waals surface area contributed by atoms with Crippen LogP contribution in [0, 0.1) is 29.1 Å². The van der Waals surface area contributed by atoms with Gasteiger partial charge in [0.2, 0.25) is 0 Å². The van der Waals surface area contributed by atoms with Crippen LogP contribution < -0.4 is 0 Å². The van der Waals surface area contributed by atoms with E-state index in [1.54, 1.807) is 0 Å². The molecule has 1 fully saturated rings. The highest BCUT2D eigenvalue weighted by atomic mass is 16.6. The van der Waals surface area contributed by atoms with Gasteiger partial charge in [-0.1, -0.05) is 39.0 Å². The van der Waals surface area contributed by atoms with Crippen molar-refractivity contribution in [1.29, 1.82) is 0 Å². The van der Waals surface area contributed by atoms with E-state index < -0.39 is 11.5 Å². The monoisotopic (exact) mass is 418 g/mol. The van der Waals surface area contributed by atoms with E-state index in [0.717, 1.165) is 25.7 Å². The molecule has 5 heteroatoms. The number of cyclic esters (lactones) is 1. The van der Waals surface area contributed by atoms with Crippen molar-refractivity contribution in [2.75, 3.05) is 0 Å². The summed E-state index contributed by atoms with van der Waals surface area (Å²) >= 11 is 0. The molecule has 3 aliphatic rings. The summed E-state index contributed by atoms with van der Waals surface area (Å²) in [6, 6.07) is 0. The summed E-state index contributed by atoms with van der Waals surface area (Å²) in [6.07, 6.45) is 9.61. The number of aliphatic hydroxyl groups is 1. The highest BCUT2D eigenvalue weighted by Gasteiger charge is 2.43. The van der Waals surface area contributed by atoms with Crippen LogP contribution in [0.2, 0.25) is 0 Å². The van der Waals surface area contributed by atoms with Crippen LogP contribution in [0.15, 0.2) is 23.8 Å². The first-order chi connectivity index (χ1) is 14.1. The van der Waals surface area contributed by atoms with Crippen molar-refractivity contribution in [2.24, 2.45) is 29.1 Å². The summed E-state index contributed by atoms with van der Waals surface area (Å²) in [5, 5.41) is 9.92. The SMILES string of the molecule is CCC(C)(C)C(=O)O[C@@H]1C[C@H](C)C=C2C=C[C@H](C)[C@@H](CC[C@H]3C[C@@H](O)CC(=O)O3)[C@H]21. The minimum absolute atomic E-state index is 0.0949. The maximum Gasteiger partial charge on any atom is 0.311 e. The van der Waals surface area contributed by atoms with Crippen LogP contribution in [0.1, 0.15) is 73.1 Å². The quantitative estimate of drug-likeness (QED) is 0.639. The first-order valence-corrected chi connectivity index (χ1v) is 11.6. The number of aliphatic hydroxyl groups excluding tert-OH is 1. The van der Waals surface area contributed by atoms with Gasteiger partial charge in [-0.25, -0.2) is 0 Å². The Morgan fingerprint density at radius 3 is 2.67 bits per heavy atom. The zero-order valence-corrected chi connectivity index (χ0v) is 19.1. The molecule has 1 aliphatic heterocycles. The van der Waals surface area contributed by atoms with Crippen LogP contribution >= 0.6 is 0 Å². The number of carbonyl (C=O) groups excluding carboxylic acids is 2. The average Bonchev–Trinajstić information content (AvgIpc) is 2.66. The third-order valence-corrected chi connectivity index (χ3v) is 7.35. The normalized spacial score (nSPS) is 36.5. The van der Waals surface area contributed by atoms with Gasteiger partial charge in [0.05, 0.1) is 17.9 Å². The third kappa shape index (κ3) is 5.16. The Bertz CT molecular complexity index is 706. The number of carbonyl (C=O) groups is 2. The number of hydrogen-bond donors (Lipinski definition) is 1. The molecule has 0 aromatic carbocycles. The highest BCUT2D eigenvalue weighted by Crippen LogP contribution is 2.45. The lowest BCUT2D eigenvalue weighted by Gasteiger charge is -2.44. The van der Waals surface area contributed by atoms with Gasteiger partial charge in [-0.05, 0) is 62.9 Å². The Morgan fingerprint density at radius 2 is 2.00 bits per heavy atom. The molecule has 0 spiro atoms. The Hall–Kier alpha value is -1.62. The number of rotatable bonds is 6. The van der Waals surface area contributed by atoms with Gasteiger partial charge in [-0.2, -0.15) is 0 Å². The largest absolute Gasteiger partial charge is 0.462 e. The lowest BCUT2D eigenvalue weighted by molar-refractivity contribution is -0.166. The van der Waals surface area contributed by atoms with E-state index in [1.165, 1.54) is 5.57 Å². The van der Waals surface area contributed by atoms with E-state index in [0.29, 0.717) is 24.2 Å². The lowest BCUT2D eigenvalue weighted by atomic mass is 9.65. The fourth-order valence-corrected chi connectivity index (χ4v) is 5.08. The number of ether oxygens (including phenoxy) is 2. The molecule has 0 radical (unpaired) electrons. The molecule has 2 aliphatic carbocycles. The van der Waals surface area contributed by atoms with Crippen LogP contribution in [0.25, 0.3) is 0 Å². The summed E-state index contributed by atoms with van der Waals surface area (Å²) in [7, 11) is 0. The van der Waals surface area contributed by atoms with E-state index in [9.17, 15) is 14.7 Å². The van der Waals surface area contributed by atoms with E-state index in [2.05, 4.69) is 32.1 Å². The van der Waals surface area contributed by atoms with Gasteiger partial charge < -0.3 is 14.6 Å². The van der Waals surface area contributed by atoms with Crippen molar-refractivity contribution in [3.05, 3.63) is 23.8 Å². The second-order valence-electron chi connectivity index (χ2n) is 10.3.